The van der Waals surface area contributed by atoms with Crippen molar-refractivity contribution in [1.82, 2.24) is 0 Å². The second-order valence-corrected chi connectivity index (χ2v) is 3.99. The Labute approximate surface area is 112 Å². The summed E-state index contributed by atoms with van der Waals surface area (Å²) >= 11 is 0. The molecule has 20 heavy (non-hydrogen) atoms. The third-order valence-corrected chi connectivity index (χ3v) is 2.63. The third-order valence-electron chi connectivity index (χ3n) is 2.63. The van der Waals surface area contributed by atoms with E-state index in [0.29, 0.717) is 0 Å². The number of ether oxygens (including phenoxy) is 1. The van der Waals surface area contributed by atoms with Crippen LogP contribution in [0.15, 0.2) is 28.7 Å². The molecule has 0 radical (unpaired) electrons. The number of rotatable bonds is 3. The Morgan fingerprint density at radius 3 is 2.65 bits per heavy atom. The Morgan fingerprint density at radius 1 is 1.35 bits per heavy atom. The predicted octanol–water partition coefficient (Wildman–Crippen LogP) is 3.65. The number of anilines is 1. The Balaban J connectivity index is 2.52. The number of nitrogens with two attached hydrogens (primary N) is 1. The van der Waals surface area contributed by atoms with Crippen molar-refractivity contribution in [2.45, 2.75) is 13.1 Å². The normalized spacial score (nSPS) is 11.6. The first-order valence-electron chi connectivity index (χ1n) is 5.76. The molecule has 108 valence electrons. The first kappa shape index (κ1) is 14.1. The van der Waals surface area contributed by atoms with Gasteiger partial charge in [-0.15, -0.1) is 0 Å². The number of aromatic hydroxyl groups is 1. The van der Waals surface area contributed by atoms with E-state index in [1.807, 2.05) is 0 Å². The van der Waals surface area contributed by atoms with Crippen LogP contribution in [0, 0.1) is 0 Å². The number of hydrogen-bond acceptors (Lipinski definition) is 4. The van der Waals surface area contributed by atoms with Crippen LogP contribution in [0.25, 0.3) is 11.1 Å². The molecule has 2 rings (SSSR count). The fourth-order valence-electron chi connectivity index (χ4n) is 1.78. The summed E-state index contributed by atoms with van der Waals surface area (Å²) in [6, 6.07) is 4.44. The highest BCUT2D eigenvalue weighted by Gasteiger charge is 2.31. The van der Waals surface area contributed by atoms with Crippen LogP contribution in [-0.2, 0) is 6.18 Å². The van der Waals surface area contributed by atoms with Crippen LogP contribution in [0.1, 0.15) is 12.5 Å². The molecule has 0 aliphatic rings. The first-order chi connectivity index (χ1) is 9.34. The van der Waals surface area contributed by atoms with Gasteiger partial charge in [-0.3, -0.25) is 0 Å². The van der Waals surface area contributed by atoms with Gasteiger partial charge in [-0.2, -0.15) is 13.2 Å². The van der Waals surface area contributed by atoms with Gasteiger partial charge in [0.15, 0.2) is 0 Å². The van der Waals surface area contributed by atoms with Crippen LogP contribution in [0.2, 0.25) is 0 Å². The van der Waals surface area contributed by atoms with Gasteiger partial charge >= 0.3 is 12.1 Å². The minimum atomic E-state index is -4.48. The van der Waals surface area contributed by atoms with Gasteiger partial charge in [-0.1, -0.05) is 12.1 Å². The van der Waals surface area contributed by atoms with Crippen LogP contribution < -0.4 is 10.5 Å². The number of nitrogen functional groups attached to an aromatic ring is 1. The Bertz CT molecular complexity index is 620. The maximum absolute atomic E-state index is 12.7. The lowest BCUT2D eigenvalue weighted by Gasteiger charge is -2.08. The van der Waals surface area contributed by atoms with Crippen LogP contribution in [0.5, 0.6) is 11.7 Å². The molecule has 0 bridgehead atoms. The molecule has 0 fully saturated rings. The van der Waals surface area contributed by atoms with E-state index in [-0.39, 0.29) is 29.6 Å². The molecule has 1 aromatic heterocycles. The summed E-state index contributed by atoms with van der Waals surface area (Å²) in [6.07, 6.45) is -4.48. The smallest absolute Gasteiger partial charge is 0.416 e. The van der Waals surface area contributed by atoms with E-state index in [1.54, 1.807) is 6.92 Å². The van der Waals surface area contributed by atoms with Gasteiger partial charge in [0, 0.05) is 0 Å². The van der Waals surface area contributed by atoms with E-state index in [9.17, 15) is 18.3 Å². The van der Waals surface area contributed by atoms with Crippen LogP contribution in [0.3, 0.4) is 0 Å². The molecule has 2 aromatic rings. The largest absolute Gasteiger partial charge is 0.501 e. The van der Waals surface area contributed by atoms with Crippen molar-refractivity contribution in [2.24, 2.45) is 0 Å². The quantitative estimate of drug-likeness (QED) is 0.904. The molecule has 1 aromatic carbocycles. The van der Waals surface area contributed by atoms with Crippen molar-refractivity contribution in [3.8, 4) is 22.8 Å². The summed E-state index contributed by atoms with van der Waals surface area (Å²) in [6.45, 7) is 1.89. The highest BCUT2D eigenvalue weighted by atomic mass is 19.4. The number of hydrogen-bond donors (Lipinski definition) is 2. The van der Waals surface area contributed by atoms with Crippen molar-refractivity contribution in [3.05, 3.63) is 29.8 Å². The lowest BCUT2D eigenvalue weighted by atomic mass is 10.0. The summed E-state index contributed by atoms with van der Waals surface area (Å²) in [4.78, 5) is 0. The first-order valence-corrected chi connectivity index (χ1v) is 5.76. The highest BCUT2D eigenvalue weighted by Crippen LogP contribution is 2.45. The molecule has 3 N–H and O–H groups in total. The van der Waals surface area contributed by atoms with E-state index in [4.69, 9.17) is 14.9 Å². The summed E-state index contributed by atoms with van der Waals surface area (Å²) in [5, 5.41) is 9.91. The average Bonchev–Trinajstić information content (AvgIpc) is 2.64. The molecule has 0 saturated heterocycles. The number of alkyl halides is 3. The Morgan fingerprint density at radius 2 is 2.05 bits per heavy atom. The van der Waals surface area contributed by atoms with Crippen molar-refractivity contribution in [2.75, 3.05) is 12.3 Å². The van der Waals surface area contributed by atoms with Crippen molar-refractivity contribution in [3.63, 3.8) is 0 Å². The lowest BCUT2D eigenvalue weighted by molar-refractivity contribution is -0.137. The minimum absolute atomic E-state index is 0.0143. The lowest BCUT2D eigenvalue weighted by Crippen LogP contribution is -2.04. The number of benzene rings is 1. The SMILES string of the molecule is CCOc1oc(N)c(-c2cccc(C(F)(F)F)c2)c1O. The summed E-state index contributed by atoms with van der Waals surface area (Å²) in [5.74, 6) is -0.827. The maximum atomic E-state index is 12.7. The molecule has 0 atom stereocenters. The van der Waals surface area contributed by atoms with Gasteiger partial charge < -0.3 is 20.0 Å². The maximum Gasteiger partial charge on any atom is 0.416 e. The Kier molecular flexibility index (Phi) is 3.52. The minimum Gasteiger partial charge on any atom is -0.501 e. The van der Waals surface area contributed by atoms with Crippen LogP contribution in [0.4, 0.5) is 19.1 Å². The molecular formula is C13H12F3NO3. The van der Waals surface area contributed by atoms with Crippen molar-refractivity contribution >= 4 is 5.88 Å². The molecule has 0 unspecified atom stereocenters. The summed E-state index contributed by atoms with van der Waals surface area (Å²) in [7, 11) is 0. The van der Waals surface area contributed by atoms with Crippen molar-refractivity contribution in [1.29, 1.82) is 0 Å². The zero-order chi connectivity index (χ0) is 14.9. The highest BCUT2D eigenvalue weighted by molar-refractivity contribution is 5.81. The fraction of sp³-hybridized carbons (Fsp3) is 0.231. The molecular weight excluding hydrogens is 275 g/mol. The van der Waals surface area contributed by atoms with E-state index in [1.165, 1.54) is 12.1 Å². The van der Waals surface area contributed by atoms with E-state index in [0.717, 1.165) is 12.1 Å². The molecule has 0 amide bonds. The van der Waals surface area contributed by atoms with Gasteiger partial charge in [0.25, 0.3) is 0 Å². The van der Waals surface area contributed by atoms with Gasteiger partial charge in [0.05, 0.1) is 17.7 Å². The standard InChI is InChI=1S/C13H12F3NO3/c1-2-19-12-10(18)9(11(17)20-12)7-4-3-5-8(6-7)13(14,15)16/h3-6,18H,2,17H2,1H3. The second-order valence-electron chi connectivity index (χ2n) is 3.99. The average molecular weight is 287 g/mol. The van der Waals surface area contributed by atoms with Crippen LogP contribution in [-0.4, -0.2) is 11.7 Å². The molecule has 0 spiro atoms. The zero-order valence-electron chi connectivity index (χ0n) is 10.5. The summed E-state index contributed by atoms with van der Waals surface area (Å²) in [5.41, 5.74) is 4.82. The molecule has 1 heterocycles. The number of halogens is 3. The molecule has 0 aliphatic carbocycles. The number of furan rings is 1. The molecule has 4 nitrogen and oxygen atoms in total. The second kappa shape index (κ2) is 4.99. The van der Waals surface area contributed by atoms with Gasteiger partial charge in [0.1, 0.15) is 0 Å². The van der Waals surface area contributed by atoms with E-state index >= 15 is 0 Å². The van der Waals surface area contributed by atoms with Gasteiger partial charge in [-0.25, -0.2) is 0 Å². The van der Waals surface area contributed by atoms with E-state index < -0.39 is 17.5 Å². The molecule has 0 saturated carbocycles. The monoisotopic (exact) mass is 287 g/mol. The molecule has 7 heteroatoms. The predicted molar refractivity (Wildman–Crippen MR) is 66.4 cm³/mol. The van der Waals surface area contributed by atoms with Crippen LogP contribution >= 0.6 is 0 Å². The summed E-state index contributed by atoms with van der Waals surface area (Å²) < 4.78 is 48.0. The third kappa shape index (κ3) is 2.52. The molecule has 0 aliphatic heterocycles. The van der Waals surface area contributed by atoms with Gasteiger partial charge in [-0.05, 0) is 24.6 Å². The zero-order valence-corrected chi connectivity index (χ0v) is 10.5. The fourth-order valence-corrected chi connectivity index (χ4v) is 1.78. The van der Waals surface area contributed by atoms with Crippen molar-refractivity contribution < 1.29 is 27.4 Å². The van der Waals surface area contributed by atoms with E-state index in [2.05, 4.69) is 0 Å². The topological polar surface area (TPSA) is 68.6 Å². The Hall–Kier alpha value is -2.31. The van der Waals surface area contributed by atoms with Gasteiger partial charge in [0.2, 0.25) is 11.6 Å².